The maximum atomic E-state index is 12.6. The first-order valence-electron chi connectivity index (χ1n) is 4.22. The molecule has 0 aliphatic rings. The van der Waals surface area contributed by atoms with Gasteiger partial charge in [0, 0.05) is 0 Å². The standard InChI is InChI=1S/C9H10F2N2O3/c1-15-8-5(12)3-4(9(14)16-2)6(13-8)7(10)11/h3,7H,12H2,1-2H3. The number of carbonyl (C=O) groups is 1. The summed E-state index contributed by atoms with van der Waals surface area (Å²) in [4.78, 5) is 14.7. The van der Waals surface area contributed by atoms with E-state index in [4.69, 9.17) is 5.73 Å². The summed E-state index contributed by atoms with van der Waals surface area (Å²) in [5.41, 5.74) is 4.37. The monoisotopic (exact) mass is 232 g/mol. The van der Waals surface area contributed by atoms with Crippen LogP contribution in [0.2, 0.25) is 0 Å². The number of halogens is 2. The van der Waals surface area contributed by atoms with Crippen LogP contribution in [-0.2, 0) is 4.74 Å². The van der Waals surface area contributed by atoms with Gasteiger partial charge in [0.15, 0.2) is 0 Å². The average molecular weight is 232 g/mol. The number of carbonyl (C=O) groups excluding carboxylic acids is 1. The Kier molecular flexibility index (Phi) is 3.60. The highest BCUT2D eigenvalue weighted by Gasteiger charge is 2.23. The van der Waals surface area contributed by atoms with E-state index in [0.717, 1.165) is 13.2 Å². The Labute approximate surface area is 90.2 Å². The number of nitrogens with two attached hydrogens (primary N) is 1. The van der Waals surface area contributed by atoms with E-state index in [1.54, 1.807) is 0 Å². The van der Waals surface area contributed by atoms with Crippen LogP contribution in [0.3, 0.4) is 0 Å². The second-order valence-corrected chi connectivity index (χ2v) is 2.81. The van der Waals surface area contributed by atoms with Crippen molar-refractivity contribution in [3.05, 3.63) is 17.3 Å². The molecule has 2 N–H and O–H groups in total. The summed E-state index contributed by atoms with van der Waals surface area (Å²) in [7, 11) is 2.32. The van der Waals surface area contributed by atoms with E-state index in [2.05, 4.69) is 14.5 Å². The zero-order valence-electron chi connectivity index (χ0n) is 8.66. The molecule has 7 heteroatoms. The van der Waals surface area contributed by atoms with E-state index in [1.165, 1.54) is 7.11 Å². The summed E-state index contributed by atoms with van der Waals surface area (Å²) in [6.07, 6.45) is -2.91. The van der Waals surface area contributed by atoms with E-state index in [-0.39, 0.29) is 17.1 Å². The van der Waals surface area contributed by atoms with E-state index >= 15 is 0 Å². The summed E-state index contributed by atoms with van der Waals surface area (Å²) < 4.78 is 34.2. The summed E-state index contributed by atoms with van der Waals surface area (Å²) in [5, 5.41) is 0. The molecular formula is C9H10F2N2O3. The molecule has 5 nitrogen and oxygen atoms in total. The number of aromatic nitrogens is 1. The first-order valence-corrected chi connectivity index (χ1v) is 4.22. The summed E-state index contributed by atoms with van der Waals surface area (Å²) >= 11 is 0. The quantitative estimate of drug-likeness (QED) is 0.797. The first kappa shape index (κ1) is 12.2. The maximum absolute atomic E-state index is 12.6. The van der Waals surface area contributed by atoms with Gasteiger partial charge in [0.2, 0.25) is 5.88 Å². The number of rotatable bonds is 3. The van der Waals surface area contributed by atoms with Crippen LogP contribution in [0, 0.1) is 0 Å². The van der Waals surface area contributed by atoms with Gasteiger partial charge in [-0.3, -0.25) is 0 Å². The Bertz CT molecular complexity index is 410. The highest BCUT2D eigenvalue weighted by atomic mass is 19.3. The molecule has 0 aliphatic heterocycles. The third kappa shape index (κ3) is 2.18. The number of methoxy groups -OCH3 is 2. The molecule has 1 aromatic heterocycles. The lowest BCUT2D eigenvalue weighted by Crippen LogP contribution is -2.10. The fourth-order valence-corrected chi connectivity index (χ4v) is 1.13. The van der Waals surface area contributed by atoms with Crippen LogP contribution in [-0.4, -0.2) is 25.2 Å². The van der Waals surface area contributed by atoms with Crippen molar-refractivity contribution in [2.24, 2.45) is 0 Å². The van der Waals surface area contributed by atoms with E-state index in [0.29, 0.717) is 0 Å². The second kappa shape index (κ2) is 4.73. The first-order chi connectivity index (χ1) is 7.51. The van der Waals surface area contributed by atoms with Gasteiger partial charge in [-0.1, -0.05) is 0 Å². The number of pyridine rings is 1. The molecule has 0 aromatic carbocycles. The maximum Gasteiger partial charge on any atom is 0.340 e. The number of hydrogen-bond acceptors (Lipinski definition) is 5. The molecule has 0 bridgehead atoms. The van der Waals surface area contributed by atoms with Gasteiger partial charge in [-0.2, -0.15) is 0 Å². The van der Waals surface area contributed by atoms with E-state index in [1.807, 2.05) is 0 Å². The minimum absolute atomic E-state index is 0.00713. The van der Waals surface area contributed by atoms with Crippen LogP contribution >= 0.6 is 0 Å². The van der Waals surface area contributed by atoms with Crippen LogP contribution in [0.5, 0.6) is 5.88 Å². The Hall–Kier alpha value is -1.92. The molecule has 1 rings (SSSR count). The molecule has 1 aromatic rings. The Morgan fingerprint density at radius 3 is 2.56 bits per heavy atom. The van der Waals surface area contributed by atoms with Crippen molar-refractivity contribution in [1.29, 1.82) is 0 Å². The Balaban J connectivity index is 3.36. The average Bonchev–Trinajstić information content (AvgIpc) is 2.27. The van der Waals surface area contributed by atoms with Gasteiger partial charge in [-0.15, -0.1) is 0 Å². The highest BCUT2D eigenvalue weighted by molar-refractivity contribution is 5.92. The van der Waals surface area contributed by atoms with Crippen molar-refractivity contribution >= 4 is 11.7 Å². The van der Waals surface area contributed by atoms with Crippen molar-refractivity contribution < 1.29 is 23.0 Å². The summed E-state index contributed by atoms with van der Waals surface area (Å²) in [6.45, 7) is 0. The fraction of sp³-hybridized carbons (Fsp3) is 0.333. The van der Waals surface area contributed by atoms with Crippen LogP contribution in [0.15, 0.2) is 6.07 Å². The summed E-state index contributed by atoms with van der Waals surface area (Å²) in [5.74, 6) is -1.07. The van der Waals surface area contributed by atoms with Gasteiger partial charge in [0.1, 0.15) is 5.69 Å². The number of alkyl halides is 2. The third-order valence-electron chi connectivity index (χ3n) is 1.85. The minimum Gasteiger partial charge on any atom is -0.480 e. The molecule has 0 saturated heterocycles. The third-order valence-corrected chi connectivity index (χ3v) is 1.85. The molecule has 0 aliphatic carbocycles. The lowest BCUT2D eigenvalue weighted by atomic mass is 10.2. The van der Waals surface area contributed by atoms with Crippen molar-refractivity contribution in [2.45, 2.75) is 6.43 Å². The number of ether oxygens (including phenoxy) is 2. The SMILES string of the molecule is COC(=O)c1cc(N)c(OC)nc1C(F)F. The molecule has 0 saturated carbocycles. The molecule has 0 fully saturated rings. The predicted octanol–water partition coefficient (Wildman–Crippen LogP) is 1.40. The molecule has 0 atom stereocenters. The van der Waals surface area contributed by atoms with Crippen molar-refractivity contribution in [2.75, 3.05) is 20.0 Å². The number of hydrogen-bond donors (Lipinski definition) is 1. The Morgan fingerprint density at radius 1 is 1.50 bits per heavy atom. The van der Waals surface area contributed by atoms with Crippen molar-refractivity contribution in [3.8, 4) is 5.88 Å². The van der Waals surface area contributed by atoms with Crippen LogP contribution in [0.4, 0.5) is 14.5 Å². The fourth-order valence-electron chi connectivity index (χ4n) is 1.13. The van der Waals surface area contributed by atoms with Crippen LogP contribution in [0.25, 0.3) is 0 Å². The van der Waals surface area contributed by atoms with Crippen molar-refractivity contribution in [3.63, 3.8) is 0 Å². The van der Waals surface area contributed by atoms with Gasteiger partial charge in [0.05, 0.1) is 25.5 Å². The number of nitrogens with zero attached hydrogens (tertiary/aromatic N) is 1. The molecule has 0 radical (unpaired) electrons. The van der Waals surface area contributed by atoms with Gasteiger partial charge >= 0.3 is 5.97 Å². The molecule has 1 heterocycles. The van der Waals surface area contributed by atoms with E-state index in [9.17, 15) is 13.6 Å². The molecule has 0 spiro atoms. The zero-order valence-corrected chi connectivity index (χ0v) is 8.66. The highest BCUT2D eigenvalue weighted by Crippen LogP contribution is 2.28. The smallest absolute Gasteiger partial charge is 0.340 e. The second-order valence-electron chi connectivity index (χ2n) is 2.81. The van der Waals surface area contributed by atoms with Gasteiger partial charge in [0.25, 0.3) is 6.43 Å². The molecular weight excluding hydrogens is 222 g/mol. The molecule has 88 valence electrons. The van der Waals surface area contributed by atoms with Crippen molar-refractivity contribution in [1.82, 2.24) is 4.98 Å². The zero-order chi connectivity index (χ0) is 12.3. The predicted molar refractivity (Wildman–Crippen MR) is 51.5 cm³/mol. The number of esters is 1. The normalized spacial score (nSPS) is 10.3. The molecule has 0 amide bonds. The lowest BCUT2D eigenvalue weighted by molar-refractivity contribution is 0.0587. The topological polar surface area (TPSA) is 74.4 Å². The molecule has 16 heavy (non-hydrogen) atoms. The van der Waals surface area contributed by atoms with Gasteiger partial charge in [-0.05, 0) is 6.07 Å². The number of nitrogen functional groups attached to an aromatic ring is 1. The summed E-state index contributed by atoms with van der Waals surface area (Å²) in [6, 6.07) is 1.05. The minimum atomic E-state index is -2.91. The largest absolute Gasteiger partial charge is 0.480 e. The van der Waals surface area contributed by atoms with Gasteiger partial charge < -0.3 is 15.2 Å². The van der Waals surface area contributed by atoms with Crippen LogP contribution < -0.4 is 10.5 Å². The molecule has 0 unspecified atom stereocenters. The number of anilines is 1. The Morgan fingerprint density at radius 2 is 2.12 bits per heavy atom. The van der Waals surface area contributed by atoms with E-state index < -0.39 is 18.1 Å². The van der Waals surface area contributed by atoms with Crippen LogP contribution in [0.1, 0.15) is 22.5 Å². The van der Waals surface area contributed by atoms with Gasteiger partial charge in [-0.25, -0.2) is 18.6 Å². The lowest BCUT2D eigenvalue weighted by Gasteiger charge is -2.10.